The summed E-state index contributed by atoms with van der Waals surface area (Å²) in [6.45, 7) is 2.57. The molecule has 0 N–H and O–H groups in total. The predicted molar refractivity (Wildman–Crippen MR) is 123 cm³/mol. The van der Waals surface area contributed by atoms with Crippen molar-refractivity contribution >= 4 is 10.9 Å². The first-order valence-corrected chi connectivity index (χ1v) is 10.4. The Kier molecular flexibility index (Phi) is 6.75. The maximum Gasteiger partial charge on any atom is 0.160 e. The second-order valence-corrected chi connectivity index (χ2v) is 7.50. The largest absolute Gasteiger partial charge is 0.493 e. The van der Waals surface area contributed by atoms with Gasteiger partial charge in [0.2, 0.25) is 0 Å². The Hall–Kier alpha value is -3.44. The van der Waals surface area contributed by atoms with Crippen LogP contribution in [0.3, 0.4) is 0 Å². The van der Waals surface area contributed by atoms with E-state index in [-0.39, 0.29) is 0 Å². The molecule has 5 nitrogen and oxygen atoms in total. The first-order chi connectivity index (χ1) is 15.3. The summed E-state index contributed by atoms with van der Waals surface area (Å²) in [7, 11) is 3.33. The van der Waals surface area contributed by atoms with Gasteiger partial charge in [-0.3, -0.25) is 14.9 Å². The van der Waals surface area contributed by atoms with Gasteiger partial charge in [-0.05, 0) is 53.4 Å². The second kappa shape index (κ2) is 10.0. The lowest BCUT2D eigenvalue weighted by Crippen LogP contribution is -2.25. The third-order valence-corrected chi connectivity index (χ3v) is 5.43. The van der Waals surface area contributed by atoms with Crippen LogP contribution in [0.25, 0.3) is 10.9 Å². The molecule has 0 saturated carbocycles. The lowest BCUT2D eigenvalue weighted by Gasteiger charge is -2.23. The first kappa shape index (κ1) is 20.8. The van der Waals surface area contributed by atoms with Crippen molar-refractivity contribution in [3.63, 3.8) is 0 Å². The number of benzene rings is 2. The minimum absolute atomic E-state index is 0.752. The number of para-hydroxylation sites is 1. The van der Waals surface area contributed by atoms with Crippen molar-refractivity contribution in [2.24, 2.45) is 0 Å². The van der Waals surface area contributed by atoms with Crippen molar-refractivity contribution in [3.8, 4) is 11.5 Å². The normalized spacial score (nSPS) is 11.1. The smallest absolute Gasteiger partial charge is 0.160 e. The van der Waals surface area contributed by atoms with Gasteiger partial charge in [-0.25, -0.2) is 0 Å². The highest BCUT2D eigenvalue weighted by Gasteiger charge is 2.12. The average Bonchev–Trinajstić information content (AvgIpc) is 2.83. The number of fused-ring (bicyclic) bond motifs is 1. The highest BCUT2D eigenvalue weighted by Crippen LogP contribution is 2.28. The maximum absolute atomic E-state index is 5.47. The zero-order chi connectivity index (χ0) is 21.5. The summed E-state index contributed by atoms with van der Waals surface area (Å²) in [4.78, 5) is 11.2. The molecule has 0 aliphatic carbocycles. The fourth-order valence-electron chi connectivity index (χ4n) is 3.82. The SMILES string of the molecule is COc1ccc(CCN(Cc2ccncc2)Cc2cccc3cccnc23)cc1OC. The number of hydrogen-bond donors (Lipinski definition) is 0. The molecule has 4 rings (SSSR count). The first-order valence-electron chi connectivity index (χ1n) is 10.4. The van der Waals surface area contributed by atoms with Crippen LogP contribution in [0.15, 0.2) is 79.3 Å². The molecule has 2 aromatic heterocycles. The molecule has 0 amide bonds. The van der Waals surface area contributed by atoms with Gasteiger partial charge < -0.3 is 9.47 Å². The van der Waals surface area contributed by atoms with E-state index in [1.807, 2.05) is 30.7 Å². The fourth-order valence-corrected chi connectivity index (χ4v) is 3.82. The number of rotatable bonds is 9. The Labute approximate surface area is 183 Å². The van der Waals surface area contributed by atoms with E-state index >= 15 is 0 Å². The molecule has 0 spiro atoms. The molecule has 5 heteroatoms. The van der Waals surface area contributed by atoms with Gasteiger partial charge in [0.25, 0.3) is 0 Å². The van der Waals surface area contributed by atoms with Crippen LogP contribution in [-0.2, 0) is 19.5 Å². The molecule has 2 heterocycles. The Morgan fingerprint density at radius 1 is 0.774 bits per heavy atom. The van der Waals surface area contributed by atoms with Crippen LogP contribution in [0.5, 0.6) is 11.5 Å². The van der Waals surface area contributed by atoms with E-state index in [0.29, 0.717) is 0 Å². The Morgan fingerprint density at radius 3 is 2.39 bits per heavy atom. The lowest BCUT2D eigenvalue weighted by atomic mass is 10.1. The number of hydrogen-bond acceptors (Lipinski definition) is 5. The summed E-state index contributed by atoms with van der Waals surface area (Å²) in [5.74, 6) is 1.51. The highest BCUT2D eigenvalue weighted by atomic mass is 16.5. The van der Waals surface area contributed by atoms with E-state index < -0.39 is 0 Å². The molecule has 0 unspecified atom stereocenters. The molecule has 31 heavy (non-hydrogen) atoms. The van der Waals surface area contributed by atoms with Crippen LogP contribution < -0.4 is 9.47 Å². The van der Waals surface area contributed by atoms with Gasteiger partial charge in [-0.15, -0.1) is 0 Å². The summed E-state index contributed by atoms with van der Waals surface area (Å²) >= 11 is 0. The topological polar surface area (TPSA) is 47.5 Å². The van der Waals surface area contributed by atoms with Crippen LogP contribution in [0.1, 0.15) is 16.7 Å². The van der Waals surface area contributed by atoms with Crippen LogP contribution in [0, 0.1) is 0 Å². The summed E-state index contributed by atoms with van der Waals surface area (Å²) in [6.07, 6.45) is 6.47. The summed E-state index contributed by atoms with van der Waals surface area (Å²) in [6, 6.07) is 20.8. The number of methoxy groups -OCH3 is 2. The van der Waals surface area contributed by atoms with Crippen LogP contribution in [-0.4, -0.2) is 35.6 Å². The van der Waals surface area contributed by atoms with E-state index in [4.69, 9.17) is 9.47 Å². The van der Waals surface area contributed by atoms with E-state index in [9.17, 15) is 0 Å². The van der Waals surface area contributed by atoms with Gasteiger partial charge in [0, 0.05) is 43.6 Å². The average molecular weight is 414 g/mol. The van der Waals surface area contributed by atoms with E-state index in [0.717, 1.165) is 43.1 Å². The quantitative estimate of drug-likeness (QED) is 0.391. The minimum atomic E-state index is 0.752. The Bertz CT molecular complexity index is 1130. The van der Waals surface area contributed by atoms with Crippen molar-refractivity contribution in [2.75, 3.05) is 20.8 Å². The van der Waals surface area contributed by atoms with Crippen molar-refractivity contribution in [3.05, 3.63) is 95.9 Å². The van der Waals surface area contributed by atoms with Gasteiger partial charge in [0.15, 0.2) is 11.5 Å². The molecule has 158 valence electrons. The van der Waals surface area contributed by atoms with E-state index in [1.54, 1.807) is 14.2 Å². The molecule has 0 saturated heterocycles. The van der Waals surface area contributed by atoms with Gasteiger partial charge in [0.05, 0.1) is 19.7 Å². The van der Waals surface area contributed by atoms with Crippen LogP contribution in [0.2, 0.25) is 0 Å². The number of pyridine rings is 2. The number of aromatic nitrogens is 2. The number of nitrogens with zero attached hydrogens (tertiary/aromatic N) is 3. The zero-order valence-electron chi connectivity index (χ0n) is 18.0. The van der Waals surface area contributed by atoms with Crippen molar-refractivity contribution < 1.29 is 9.47 Å². The maximum atomic E-state index is 5.47. The van der Waals surface area contributed by atoms with Gasteiger partial charge in [-0.2, -0.15) is 0 Å². The van der Waals surface area contributed by atoms with Gasteiger partial charge in [0.1, 0.15) is 0 Å². The monoisotopic (exact) mass is 413 g/mol. The molecule has 0 fully saturated rings. The molecule has 0 atom stereocenters. The minimum Gasteiger partial charge on any atom is -0.493 e. The zero-order valence-corrected chi connectivity index (χ0v) is 18.0. The van der Waals surface area contributed by atoms with Crippen molar-refractivity contribution in [1.29, 1.82) is 0 Å². The van der Waals surface area contributed by atoms with Gasteiger partial charge in [-0.1, -0.05) is 30.3 Å². The molecule has 0 radical (unpaired) electrons. The molecular weight excluding hydrogens is 386 g/mol. The van der Waals surface area contributed by atoms with Crippen molar-refractivity contribution in [2.45, 2.75) is 19.5 Å². The lowest BCUT2D eigenvalue weighted by molar-refractivity contribution is 0.260. The van der Waals surface area contributed by atoms with E-state index in [1.165, 1.54) is 22.1 Å². The molecule has 0 aliphatic rings. The summed E-state index contributed by atoms with van der Waals surface area (Å²) in [5.41, 5.74) is 4.76. The third-order valence-electron chi connectivity index (χ3n) is 5.43. The fraction of sp³-hybridized carbons (Fsp3) is 0.231. The Morgan fingerprint density at radius 2 is 1.58 bits per heavy atom. The third kappa shape index (κ3) is 5.19. The second-order valence-electron chi connectivity index (χ2n) is 7.50. The van der Waals surface area contributed by atoms with Gasteiger partial charge >= 0.3 is 0 Å². The van der Waals surface area contributed by atoms with Crippen LogP contribution >= 0.6 is 0 Å². The number of ether oxygens (including phenoxy) is 2. The standard InChI is InChI=1S/C26H27N3O2/c1-30-24-9-8-20(17-25(24)31-2)12-16-29(18-21-10-14-27-15-11-21)19-23-6-3-5-22-7-4-13-28-26(22)23/h3-11,13-15,17H,12,16,18-19H2,1-2H3. The predicted octanol–water partition coefficient (Wildman–Crippen LogP) is 4.89. The molecule has 0 bridgehead atoms. The van der Waals surface area contributed by atoms with Crippen LogP contribution in [0.4, 0.5) is 0 Å². The molecule has 4 aromatic rings. The Balaban J connectivity index is 1.56. The summed E-state index contributed by atoms with van der Waals surface area (Å²) in [5, 5.41) is 1.17. The molecular formula is C26H27N3O2. The van der Waals surface area contributed by atoms with Crippen molar-refractivity contribution in [1.82, 2.24) is 14.9 Å². The molecule has 0 aliphatic heterocycles. The van der Waals surface area contributed by atoms with E-state index in [2.05, 4.69) is 63.4 Å². The highest BCUT2D eigenvalue weighted by molar-refractivity contribution is 5.81. The molecule has 2 aromatic carbocycles. The summed E-state index contributed by atoms with van der Waals surface area (Å²) < 4.78 is 10.8.